The van der Waals surface area contributed by atoms with Crippen LogP contribution >= 0.6 is 0 Å². The number of likely N-dealkylation sites (tertiary alicyclic amines) is 1. The van der Waals surface area contributed by atoms with Crippen LogP contribution in [-0.4, -0.2) is 37.7 Å². The first-order chi connectivity index (χ1) is 10.8. The van der Waals surface area contributed by atoms with Gasteiger partial charge in [0.15, 0.2) is 9.84 Å². The molecule has 0 unspecified atom stereocenters. The van der Waals surface area contributed by atoms with Gasteiger partial charge in [-0.3, -0.25) is 0 Å². The maximum absolute atomic E-state index is 12.2. The molecule has 1 aromatic carbocycles. The molecule has 1 atom stereocenters. The molecular weight excluding hydrogens is 312 g/mol. The Bertz CT molecular complexity index is 638. The fraction of sp³-hybridized carbons (Fsp3) is 0.588. The van der Waals surface area contributed by atoms with E-state index in [-0.39, 0.29) is 17.0 Å². The lowest BCUT2D eigenvalue weighted by atomic mass is 10.0. The van der Waals surface area contributed by atoms with E-state index in [1.807, 2.05) is 4.90 Å². The van der Waals surface area contributed by atoms with Crippen LogP contribution in [0.5, 0.6) is 0 Å². The third-order valence-electron chi connectivity index (χ3n) is 4.24. The molecule has 0 saturated carbocycles. The van der Waals surface area contributed by atoms with Crippen LogP contribution in [0, 0.1) is 5.92 Å². The molecule has 0 aromatic heterocycles. The molecule has 5 nitrogen and oxygen atoms in total. The molecule has 1 N–H and O–H groups in total. The Hall–Kier alpha value is -1.56. The number of rotatable bonds is 4. The number of nitrogens with one attached hydrogen (secondary N) is 1. The van der Waals surface area contributed by atoms with Crippen LogP contribution in [0.3, 0.4) is 0 Å². The van der Waals surface area contributed by atoms with Crippen molar-refractivity contribution in [3.05, 3.63) is 29.8 Å². The minimum atomic E-state index is -3.11. The Kier molecular flexibility index (Phi) is 5.68. The maximum Gasteiger partial charge on any atom is 0.321 e. The van der Waals surface area contributed by atoms with E-state index in [0.717, 1.165) is 25.1 Å². The zero-order valence-electron chi connectivity index (χ0n) is 14.1. The monoisotopic (exact) mass is 338 g/mol. The van der Waals surface area contributed by atoms with Gasteiger partial charge in [0.2, 0.25) is 0 Å². The van der Waals surface area contributed by atoms with Gasteiger partial charge in [-0.25, -0.2) is 13.2 Å². The van der Waals surface area contributed by atoms with Crippen molar-refractivity contribution < 1.29 is 13.2 Å². The van der Waals surface area contributed by atoms with Gasteiger partial charge in [0.1, 0.15) is 0 Å². The second-order valence-electron chi connectivity index (χ2n) is 6.68. The van der Waals surface area contributed by atoms with Crippen LogP contribution in [0.2, 0.25) is 0 Å². The first kappa shape index (κ1) is 17.8. The number of carbonyl (C=O) groups is 1. The molecule has 0 aliphatic carbocycles. The summed E-state index contributed by atoms with van der Waals surface area (Å²) in [6, 6.07) is 6.95. The normalized spacial score (nSPS) is 19.0. The topological polar surface area (TPSA) is 66.5 Å². The van der Waals surface area contributed by atoms with Crippen molar-refractivity contribution in [2.75, 3.05) is 18.4 Å². The third-order valence-corrected chi connectivity index (χ3v) is 6.41. The summed E-state index contributed by atoms with van der Waals surface area (Å²) in [6.07, 6.45) is 2.21. The quantitative estimate of drug-likeness (QED) is 0.916. The van der Waals surface area contributed by atoms with Gasteiger partial charge in [-0.15, -0.1) is 0 Å². The van der Waals surface area contributed by atoms with E-state index in [9.17, 15) is 13.2 Å². The van der Waals surface area contributed by atoms with Crippen LogP contribution in [0.25, 0.3) is 0 Å². The highest BCUT2D eigenvalue weighted by atomic mass is 32.2. The molecule has 1 saturated heterocycles. The van der Waals surface area contributed by atoms with Crippen molar-refractivity contribution in [1.29, 1.82) is 0 Å². The predicted octanol–water partition coefficient (Wildman–Crippen LogP) is 3.27. The molecule has 0 bridgehead atoms. The summed E-state index contributed by atoms with van der Waals surface area (Å²) in [6.45, 7) is 7.11. The van der Waals surface area contributed by atoms with Gasteiger partial charge < -0.3 is 10.2 Å². The van der Waals surface area contributed by atoms with Crippen LogP contribution < -0.4 is 5.32 Å². The minimum absolute atomic E-state index is 0.0303. The van der Waals surface area contributed by atoms with Crippen LogP contribution in [0.15, 0.2) is 24.3 Å². The average molecular weight is 338 g/mol. The summed E-state index contributed by atoms with van der Waals surface area (Å²) >= 11 is 0. The Balaban J connectivity index is 1.96. The average Bonchev–Trinajstić information content (AvgIpc) is 2.49. The van der Waals surface area contributed by atoms with E-state index in [2.05, 4.69) is 12.2 Å². The molecule has 1 heterocycles. The fourth-order valence-corrected chi connectivity index (χ4v) is 3.65. The highest BCUT2D eigenvalue weighted by Crippen LogP contribution is 2.18. The second kappa shape index (κ2) is 7.34. The minimum Gasteiger partial charge on any atom is -0.324 e. The van der Waals surface area contributed by atoms with Crippen molar-refractivity contribution in [3.8, 4) is 0 Å². The number of amides is 2. The molecule has 6 heteroatoms. The lowest BCUT2D eigenvalue weighted by molar-refractivity contribution is 0.182. The predicted molar refractivity (Wildman–Crippen MR) is 93.2 cm³/mol. The fourth-order valence-electron chi connectivity index (χ4n) is 2.66. The maximum atomic E-state index is 12.2. The molecular formula is C17H26N2O3S. The number of hydrogen-bond acceptors (Lipinski definition) is 3. The van der Waals surface area contributed by atoms with Crippen LogP contribution in [0.4, 0.5) is 10.5 Å². The summed E-state index contributed by atoms with van der Waals surface area (Å²) in [5.74, 6) is 0.570. The van der Waals surface area contributed by atoms with Crippen molar-refractivity contribution in [3.63, 3.8) is 0 Å². The van der Waals surface area contributed by atoms with E-state index < -0.39 is 9.84 Å². The largest absolute Gasteiger partial charge is 0.324 e. The number of hydrogen-bond donors (Lipinski definition) is 1. The van der Waals surface area contributed by atoms with E-state index in [0.29, 0.717) is 11.6 Å². The van der Waals surface area contributed by atoms with Gasteiger partial charge in [-0.2, -0.15) is 0 Å². The number of sulfone groups is 1. The molecule has 1 aromatic rings. The van der Waals surface area contributed by atoms with Crippen molar-refractivity contribution in [2.24, 2.45) is 5.92 Å². The molecule has 23 heavy (non-hydrogen) atoms. The first-order valence-electron chi connectivity index (χ1n) is 8.14. The molecule has 0 radical (unpaired) electrons. The number of carbonyl (C=O) groups excluding carboxylic acids is 1. The van der Waals surface area contributed by atoms with Gasteiger partial charge in [-0.1, -0.05) is 19.1 Å². The lowest BCUT2D eigenvalue weighted by Gasteiger charge is -2.30. The third kappa shape index (κ3) is 4.96. The zero-order valence-corrected chi connectivity index (χ0v) is 14.9. The summed E-state index contributed by atoms with van der Waals surface area (Å²) in [5, 5.41) is 2.50. The standard InChI is InChI=1S/C17H26N2O3S/c1-13(2)23(21,22)12-15-6-8-16(9-7-15)18-17(20)19-10-4-5-14(3)11-19/h6-9,13-14H,4-5,10-12H2,1-3H3,(H,18,20)/t14-/m0/s1. The Morgan fingerprint density at radius 1 is 1.30 bits per heavy atom. The van der Waals surface area contributed by atoms with Crippen LogP contribution in [-0.2, 0) is 15.6 Å². The van der Waals surface area contributed by atoms with E-state index in [4.69, 9.17) is 0 Å². The number of urea groups is 1. The van der Waals surface area contributed by atoms with Gasteiger partial charge in [0.05, 0.1) is 11.0 Å². The Morgan fingerprint density at radius 2 is 1.96 bits per heavy atom. The summed E-state index contributed by atoms with van der Waals surface area (Å²) in [5.41, 5.74) is 1.43. The van der Waals surface area contributed by atoms with Gasteiger partial charge >= 0.3 is 6.03 Å². The lowest BCUT2D eigenvalue weighted by Crippen LogP contribution is -2.41. The summed E-state index contributed by atoms with van der Waals surface area (Å²) in [4.78, 5) is 14.1. The van der Waals surface area contributed by atoms with E-state index in [1.165, 1.54) is 6.42 Å². The van der Waals surface area contributed by atoms with Crippen LogP contribution in [0.1, 0.15) is 39.2 Å². The number of benzene rings is 1. The zero-order chi connectivity index (χ0) is 17.0. The van der Waals surface area contributed by atoms with E-state index >= 15 is 0 Å². The molecule has 1 aliphatic heterocycles. The van der Waals surface area contributed by atoms with Crippen molar-refractivity contribution in [2.45, 2.75) is 44.6 Å². The Morgan fingerprint density at radius 3 is 2.52 bits per heavy atom. The molecule has 128 valence electrons. The van der Waals surface area contributed by atoms with Crippen molar-refractivity contribution >= 4 is 21.6 Å². The highest BCUT2D eigenvalue weighted by molar-refractivity contribution is 7.91. The number of anilines is 1. The summed E-state index contributed by atoms with van der Waals surface area (Å²) < 4.78 is 23.8. The number of nitrogens with zero attached hydrogens (tertiary/aromatic N) is 1. The number of piperidine rings is 1. The SMILES string of the molecule is CC(C)S(=O)(=O)Cc1ccc(NC(=O)N2CCC[C@H](C)C2)cc1. The van der Waals surface area contributed by atoms with Crippen molar-refractivity contribution in [1.82, 2.24) is 4.90 Å². The Labute approximate surface area is 139 Å². The summed E-state index contributed by atoms with van der Waals surface area (Å²) in [7, 11) is -3.11. The second-order valence-corrected chi connectivity index (χ2v) is 9.23. The smallest absolute Gasteiger partial charge is 0.321 e. The molecule has 2 rings (SSSR count). The molecule has 1 fully saturated rings. The molecule has 1 aliphatic rings. The highest BCUT2D eigenvalue weighted by Gasteiger charge is 2.21. The van der Waals surface area contributed by atoms with Gasteiger partial charge in [0.25, 0.3) is 0 Å². The van der Waals surface area contributed by atoms with Gasteiger partial charge in [0, 0.05) is 18.8 Å². The van der Waals surface area contributed by atoms with Gasteiger partial charge in [-0.05, 0) is 50.3 Å². The first-order valence-corrected chi connectivity index (χ1v) is 9.86. The molecule has 2 amide bonds. The van der Waals surface area contributed by atoms with E-state index in [1.54, 1.807) is 38.1 Å². The molecule has 0 spiro atoms.